The summed E-state index contributed by atoms with van der Waals surface area (Å²) in [6.45, 7) is 2.62. The summed E-state index contributed by atoms with van der Waals surface area (Å²) in [4.78, 5) is 16.4. The predicted molar refractivity (Wildman–Crippen MR) is 81.0 cm³/mol. The summed E-state index contributed by atoms with van der Waals surface area (Å²) in [6, 6.07) is 5.34. The molecule has 0 bridgehead atoms. The van der Waals surface area contributed by atoms with Crippen LogP contribution in [0.25, 0.3) is 0 Å². The standard InChI is InChI=1S/C15H22N2O4/c1-4-5-8-16-15(18)11-21-17-10-12-9-13(19-2)6-7-14(12)20-3/h6-7,9-10H,4-5,8,11H2,1-3H3,(H,16,18)/b17-10-. The highest BCUT2D eigenvalue weighted by Gasteiger charge is 2.03. The van der Waals surface area contributed by atoms with E-state index in [1.54, 1.807) is 32.4 Å². The summed E-state index contributed by atoms with van der Waals surface area (Å²) < 4.78 is 10.3. The lowest BCUT2D eigenvalue weighted by Crippen LogP contribution is -2.27. The second-order valence-corrected chi connectivity index (χ2v) is 4.32. The average Bonchev–Trinajstić information content (AvgIpc) is 2.51. The van der Waals surface area contributed by atoms with Crippen LogP contribution in [0.1, 0.15) is 25.3 Å². The van der Waals surface area contributed by atoms with Gasteiger partial charge >= 0.3 is 0 Å². The van der Waals surface area contributed by atoms with E-state index in [2.05, 4.69) is 17.4 Å². The highest BCUT2D eigenvalue weighted by atomic mass is 16.6. The molecule has 0 atom stereocenters. The lowest BCUT2D eigenvalue weighted by molar-refractivity contribution is -0.125. The molecule has 21 heavy (non-hydrogen) atoms. The summed E-state index contributed by atoms with van der Waals surface area (Å²) in [5.74, 6) is 1.16. The number of hydrogen-bond donors (Lipinski definition) is 1. The zero-order chi connectivity index (χ0) is 15.5. The minimum atomic E-state index is -0.182. The third-order valence-electron chi connectivity index (χ3n) is 2.75. The number of carbonyl (C=O) groups excluding carboxylic acids is 1. The number of methoxy groups -OCH3 is 2. The van der Waals surface area contributed by atoms with Gasteiger partial charge in [-0.05, 0) is 24.6 Å². The molecule has 1 amide bonds. The number of nitrogens with one attached hydrogen (secondary N) is 1. The van der Waals surface area contributed by atoms with Crippen molar-refractivity contribution in [1.29, 1.82) is 0 Å². The molecule has 0 aliphatic carbocycles. The van der Waals surface area contributed by atoms with Gasteiger partial charge in [-0.2, -0.15) is 0 Å². The lowest BCUT2D eigenvalue weighted by Gasteiger charge is -2.06. The maximum absolute atomic E-state index is 11.4. The van der Waals surface area contributed by atoms with Gasteiger partial charge in [-0.1, -0.05) is 18.5 Å². The Kier molecular flexibility index (Phi) is 7.71. The molecule has 1 aromatic carbocycles. The van der Waals surface area contributed by atoms with E-state index in [0.717, 1.165) is 12.8 Å². The fourth-order valence-corrected chi connectivity index (χ4v) is 1.59. The van der Waals surface area contributed by atoms with Gasteiger partial charge in [-0.3, -0.25) is 4.79 Å². The van der Waals surface area contributed by atoms with Crippen molar-refractivity contribution < 1.29 is 19.1 Å². The number of hydrogen-bond acceptors (Lipinski definition) is 5. The van der Waals surface area contributed by atoms with Gasteiger partial charge in [0.05, 0.1) is 20.4 Å². The van der Waals surface area contributed by atoms with E-state index in [4.69, 9.17) is 14.3 Å². The van der Waals surface area contributed by atoms with Crippen LogP contribution >= 0.6 is 0 Å². The zero-order valence-electron chi connectivity index (χ0n) is 12.7. The van der Waals surface area contributed by atoms with Crippen molar-refractivity contribution in [2.45, 2.75) is 19.8 Å². The number of rotatable bonds is 9. The molecular formula is C15H22N2O4. The monoisotopic (exact) mass is 294 g/mol. The van der Waals surface area contributed by atoms with Gasteiger partial charge in [0.15, 0.2) is 6.61 Å². The smallest absolute Gasteiger partial charge is 0.260 e. The normalized spacial score (nSPS) is 10.4. The molecule has 0 heterocycles. The van der Waals surface area contributed by atoms with Gasteiger partial charge in [-0.15, -0.1) is 0 Å². The molecule has 0 fully saturated rings. The summed E-state index contributed by atoms with van der Waals surface area (Å²) in [5.41, 5.74) is 0.711. The molecule has 1 rings (SSSR count). The Labute approximate surface area is 125 Å². The van der Waals surface area contributed by atoms with Gasteiger partial charge in [0, 0.05) is 12.1 Å². The number of amides is 1. The van der Waals surface area contributed by atoms with Gasteiger partial charge < -0.3 is 19.6 Å². The number of benzene rings is 1. The van der Waals surface area contributed by atoms with Crippen LogP contribution in [0.5, 0.6) is 11.5 Å². The van der Waals surface area contributed by atoms with Crippen LogP contribution in [-0.4, -0.2) is 39.5 Å². The van der Waals surface area contributed by atoms with Gasteiger partial charge in [0.25, 0.3) is 5.91 Å². The fourth-order valence-electron chi connectivity index (χ4n) is 1.59. The SMILES string of the molecule is CCCCNC(=O)CO/N=C\c1cc(OC)ccc1OC. The van der Waals surface area contributed by atoms with Crippen LogP contribution in [-0.2, 0) is 9.63 Å². The van der Waals surface area contributed by atoms with Crippen LogP contribution in [0, 0.1) is 0 Å². The van der Waals surface area contributed by atoms with Crippen LogP contribution in [0.3, 0.4) is 0 Å². The third kappa shape index (κ3) is 6.16. The first kappa shape index (κ1) is 16.8. The molecule has 1 aromatic rings. The van der Waals surface area contributed by atoms with Crippen molar-refractivity contribution >= 4 is 12.1 Å². The van der Waals surface area contributed by atoms with Crippen molar-refractivity contribution in [2.75, 3.05) is 27.4 Å². The summed E-state index contributed by atoms with van der Waals surface area (Å²) in [6.07, 6.45) is 3.48. The van der Waals surface area contributed by atoms with E-state index in [1.807, 2.05) is 0 Å². The molecule has 0 aliphatic rings. The molecule has 0 unspecified atom stereocenters. The highest BCUT2D eigenvalue weighted by Crippen LogP contribution is 2.22. The minimum absolute atomic E-state index is 0.105. The van der Waals surface area contributed by atoms with Crippen molar-refractivity contribution in [1.82, 2.24) is 5.32 Å². The molecule has 0 spiro atoms. The molecule has 0 aliphatic heterocycles. The molecule has 6 nitrogen and oxygen atoms in total. The van der Waals surface area contributed by atoms with Crippen molar-refractivity contribution in [2.24, 2.45) is 5.16 Å². The first-order valence-electron chi connectivity index (χ1n) is 6.85. The van der Waals surface area contributed by atoms with Crippen LogP contribution in [0.2, 0.25) is 0 Å². The Balaban J connectivity index is 2.47. The molecule has 6 heteroatoms. The van der Waals surface area contributed by atoms with Crippen LogP contribution in [0.4, 0.5) is 0 Å². The molecule has 0 radical (unpaired) electrons. The predicted octanol–water partition coefficient (Wildman–Crippen LogP) is 1.97. The zero-order valence-corrected chi connectivity index (χ0v) is 12.7. The maximum atomic E-state index is 11.4. The number of ether oxygens (including phenoxy) is 2. The van der Waals surface area contributed by atoms with Crippen LogP contribution in [0.15, 0.2) is 23.4 Å². The summed E-state index contributed by atoms with van der Waals surface area (Å²) in [7, 11) is 3.15. The first-order valence-corrected chi connectivity index (χ1v) is 6.85. The van der Waals surface area contributed by atoms with Crippen molar-refractivity contribution in [3.8, 4) is 11.5 Å². The van der Waals surface area contributed by atoms with Crippen molar-refractivity contribution in [3.05, 3.63) is 23.8 Å². The van der Waals surface area contributed by atoms with Crippen molar-refractivity contribution in [3.63, 3.8) is 0 Å². The Bertz CT molecular complexity index is 475. The molecule has 0 saturated heterocycles. The Morgan fingerprint density at radius 2 is 2.14 bits per heavy atom. The maximum Gasteiger partial charge on any atom is 0.260 e. The summed E-state index contributed by atoms with van der Waals surface area (Å²) in [5, 5.41) is 6.51. The first-order chi connectivity index (χ1) is 10.2. The molecule has 116 valence electrons. The van der Waals surface area contributed by atoms with Crippen LogP contribution < -0.4 is 14.8 Å². The Hall–Kier alpha value is -2.24. The quantitative estimate of drug-likeness (QED) is 0.429. The van der Waals surface area contributed by atoms with E-state index < -0.39 is 0 Å². The third-order valence-corrected chi connectivity index (χ3v) is 2.75. The lowest BCUT2D eigenvalue weighted by atomic mass is 10.2. The number of unbranched alkanes of at least 4 members (excludes halogenated alkanes) is 1. The second-order valence-electron chi connectivity index (χ2n) is 4.32. The van der Waals surface area contributed by atoms with E-state index in [-0.39, 0.29) is 12.5 Å². The van der Waals surface area contributed by atoms with E-state index in [1.165, 1.54) is 6.21 Å². The Morgan fingerprint density at radius 1 is 1.33 bits per heavy atom. The Morgan fingerprint density at radius 3 is 2.81 bits per heavy atom. The number of oxime groups is 1. The largest absolute Gasteiger partial charge is 0.497 e. The second kappa shape index (κ2) is 9.63. The van der Waals surface area contributed by atoms with Gasteiger partial charge in [-0.25, -0.2) is 0 Å². The minimum Gasteiger partial charge on any atom is -0.497 e. The summed E-state index contributed by atoms with van der Waals surface area (Å²) >= 11 is 0. The number of carbonyl (C=O) groups is 1. The average molecular weight is 294 g/mol. The molecular weight excluding hydrogens is 272 g/mol. The van der Waals surface area contributed by atoms with Gasteiger partial charge in [0.1, 0.15) is 11.5 Å². The fraction of sp³-hybridized carbons (Fsp3) is 0.467. The number of nitrogens with zero attached hydrogens (tertiary/aromatic N) is 1. The van der Waals surface area contributed by atoms with E-state index in [0.29, 0.717) is 23.6 Å². The van der Waals surface area contributed by atoms with E-state index >= 15 is 0 Å². The molecule has 0 saturated carbocycles. The molecule has 0 aromatic heterocycles. The highest BCUT2D eigenvalue weighted by molar-refractivity contribution is 5.84. The molecule has 1 N–H and O–H groups in total. The van der Waals surface area contributed by atoms with E-state index in [9.17, 15) is 4.79 Å². The van der Waals surface area contributed by atoms with Gasteiger partial charge in [0.2, 0.25) is 0 Å². The topological polar surface area (TPSA) is 69.2 Å².